The minimum atomic E-state index is -0.0922. The van der Waals surface area contributed by atoms with Crippen LogP contribution in [0.15, 0.2) is 12.4 Å². The topological polar surface area (TPSA) is 69.6 Å². The summed E-state index contributed by atoms with van der Waals surface area (Å²) in [5, 5.41) is 0. The van der Waals surface area contributed by atoms with Gasteiger partial charge in [0.25, 0.3) is 5.91 Å². The van der Waals surface area contributed by atoms with E-state index in [1.807, 2.05) is 18.7 Å². The summed E-state index contributed by atoms with van der Waals surface area (Å²) in [5.74, 6) is 0.760. The number of anilines is 1. The monoisotopic (exact) mass is 305 g/mol. The van der Waals surface area contributed by atoms with Crippen molar-refractivity contribution in [1.82, 2.24) is 19.8 Å². The summed E-state index contributed by atoms with van der Waals surface area (Å²) < 4.78 is 0. The number of nitrogens with zero attached hydrogens (tertiary/aromatic N) is 5. The lowest BCUT2D eigenvalue weighted by molar-refractivity contribution is -0.129. The van der Waals surface area contributed by atoms with Crippen LogP contribution < -0.4 is 4.90 Å². The normalized spacial score (nSPS) is 14.9. The Balaban J connectivity index is 2.01. The van der Waals surface area contributed by atoms with Crippen molar-refractivity contribution in [3.63, 3.8) is 0 Å². The Morgan fingerprint density at radius 1 is 1.09 bits per heavy atom. The second-order valence-electron chi connectivity index (χ2n) is 5.23. The van der Waals surface area contributed by atoms with E-state index < -0.39 is 0 Å². The Morgan fingerprint density at radius 2 is 1.73 bits per heavy atom. The van der Waals surface area contributed by atoms with Gasteiger partial charge in [0, 0.05) is 46.2 Å². The molecule has 0 spiro atoms. The molecule has 0 radical (unpaired) electrons. The van der Waals surface area contributed by atoms with E-state index in [1.165, 1.54) is 6.20 Å². The minimum absolute atomic E-state index is 0.0922. The molecule has 0 atom stereocenters. The molecule has 0 aliphatic carbocycles. The number of piperazine rings is 1. The van der Waals surface area contributed by atoms with Gasteiger partial charge < -0.3 is 14.7 Å². The minimum Gasteiger partial charge on any atom is -0.352 e. The molecule has 0 bridgehead atoms. The zero-order valence-electron chi connectivity index (χ0n) is 13.4. The van der Waals surface area contributed by atoms with Crippen LogP contribution in [0, 0.1) is 0 Å². The third-order valence-corrected chi connectivity index (χ3v) is 3.96. The third-order valence-electron chi connectivity index (χ3n) is 3.96. The van der Waals surface area contributed by atoms with Crippen molar-refractivity contribution >= 4 is 17.6 Å². The van der Waals surface area contributed by atoms with Crippen molar-refractivity contribution in [1.29, 1.82) is 0 Å². The van der Waals surface area contributed by atoms with E-state index in [-0.39, 0.29) is 11.8 Å². The van der Waals surface area contributed by atoms with Crippen molar-refractivity contribution in [3.8, 4) is 0 Å². The molecule has 0 aromatic carbocycles. The summed E-state index contributed by atoms with van der Waals surface area (Å²) in [4.78, 5) is 37.7. The Hall–Kier alpha value is -2.18. The molecule has 7 heteroatoms. The Bertz CT molecular complexity index is 519. The van der Waals surface area contributed by atoms with Crippen LogP contribution in [0.1, 0.15) is 31.3 Å². The van der Waals surface area contributed by atoms with E-state index in [2.05, 4.69) is 14.9 Å². The summed E-state index contributed by atoms with van der Waals surface area (Å²) in [6.07, 6.45) is 3.17. The summed E-state index contributed by atoms with van der Waals surface area (Å²) in [5.41, 5.74) is 0.370. The lowest BCUT2D eigenvalue weighted by atomic mass is 10.3. The Kier molecular flexibility index (Phi) is 5.30. The number of hydrogen-bond acceptors (Lipinski definition) is 5. The summed E-state index contributed by atoms with van der Waals surface area (Å²) in [7, 11) is 0. The number of amides is 2. The quantitative estimate of drug-likeness (QED) is 0.816. The maximum absolute atomic E-state index is 12.2. The highest BCUT2D eigenvalue weighted by Gasteiger charge is 2.20. The van der Waals surface area contributed by atoms with Gasteiger partial charge in [-0.3, -0.25) is 9.59 Å². The number of hydrogen-bond donors (Lipinski definition) is 0. The second kappa shape index (κ2) is 7.20. The molecule has 1 aromatic rings. The average Bonchev–Trinajstić information content (AvgIpc) is 2.56. The van der Waals surface area contributed by atoms with Crippen LogP contribution >= 0.6 is 0 Å². The van der Waals surface area contributed by atoms with Crippen LogP contribution in [0.3, 0.4) is 0 Å². The first-order valence-electron chi connectivity index (χ1n) is 7.68. The molecule has 0 unspecified atom stereocenters. The van der Waals surface area contributed by atoms with Gasteiger partial charge in [0.15, 0.2) is 0 Å². The van der Waals surface area contributed by atoms with Gasteiger partial charge in [-0.1, -0.05) is 0 Å². The molecule has 1 aromatic heterocycles. The first kappa shape index (κ1) is 16.2. The number of aromatic nitrogens is 2. The fraction of sp³-hybridized carbons (Fsp3) is 0.600. The Morgan fingerprint density at radius 3 is 2.18 bits per heavy atom. The summed E-state index contributed by atoms with van der Waals surface area (Å²) in [6, 6.07) is 0. The molecule has 1 aliphatic rings. The number of carbonyl (C=O) groups excluding carboxylic acids is 2. The molecule has 1 aliphatic heterocycles. The van der Waals surface area contributed by atoms with Gasteiger partial charge in [-0.2, -0.15) is 0 Å². The highest BCUT2D eigenvalue weighted by molar-refractivity contribution is 5.92. The molecular formula is C15H23N5O2. The maximum Gasteiger partial charge on any atom is 0.274 e. The highest BCUT2D eigenvalue weighted by atomic mass is 16.2. The van der Waals surface area contributed by atoms with E-state index in [4.69, 9.17) is 0 Å². The van der Waals surface area contributed by atoms with Crippen LogP contribution in [0.4, 0.5) is 5.82 Å². The fourth-order valence-electron chi connectivity index (χ4n) is 2.52. The van der Waals surface area contributed by atoms with Crippen LogP contribution in [0.5, 0.6) is 0 Å². The van der Waals surface area contributed by atoms with Crippen molar-refractivity contribution in [2.24, 2.45) is 0 Å². The molecule has 2 heterocycles. The molecule has 1 saturated heterocycles. The van der Waals surface area contributed by atoms with Crippen molar-refractivity contribution < 1.29 is 9.59 Å². The Labute approximate surface area is 130 Å². The predicted molar refractivity (Wildman–Crippen MR) is 83.8 cm³/mol. The highest BCUT2D eigenvalue weighted by Crippen LogP contribution is 2.13. The maximum atomic E-state index is 12.2. The third kappa shape index (κ3) is 3.52. The lowest BCUT2D eigenvalue weighted by Crippen LogP contribution is -2.48. The summed E-state index contributed by atoms with van der Waals surface area (Å²) >= 11 is 0. The van der Waals surface area contributed by atoms with Crippen molar-refractivity contribution in [3.05, 3.63) is 18.1 Å². The first-order valence-corrected chi connectivity index (χ1v) is 7.68. The van der Waals surface area contributed by atoms with Gasteiger partial charge in [-0.15, -0.1) is 0 Å². The van der Waals surface area contributed by atoms with Gasteiger partial charge in [0.2, 0.25) is 5.91 Å². The molecule has 0 N–H and O–H groups in total. The lowest BCUT2D eigenvalue weighted by Gasteiger charge is -2.34. The number of carbonyl (C=O) groups is 2. The molecule has 1 fully saturated rings. The van der Waals surface area contributed by atoms with E-state index in [0.29, 0.717) is 31.9 Å². The van der Waals surface area contributed by atoms with E-state index >= 15 is 0 Å². The van der Waals surface area contributed by atoms with E-state index in [1.54, 1.807) is 18.0 Å². The molecule has 120 valence electrons. The molecule has 2 rings (SSSR count). The zero-order valence-corrected chi connectivity index (χ0v) is 13.4. The smallest absolute Gasteiger partial charge is 0.274 e. The van der Waals surface area contributed by atoms with Crippen LogP contribution in [0.2, 0.25) is 0 Å². The van der Waals surface area contributed by atoms with Crippen molar-refractivity contribution in [2.45, 2.75) is 20.8 Å². The predicted octanol–water partition coefficient (Wildman–Crippen LogP) is 0.627. The zero-order chi connectivity index (χ0) is 16.1. The van der Waals surface area contributed by atoms with Crippen LogP contribution in [0.25, 0.3) is 0 Å². The van der Waals surface area contributed by atoms with Gasteiger partial charge in [-0.05, 0) is 13.8 Å². The molecular weight excluding hydrogens is 282 g/mol. The standard InChI is InChI=1S/C15H23N5O2/c1-4-18(5-2)15(22)13-10-17-14(11-16-13)20-8-6-19(7-9-20)12(3)21/h10-11H,4-9H2,1-3H3. The molecule has 0 saturated carbocycles. The van der Waals surface area contributed by atoms with Gasteiger partial charge in [-0.25, -0.2) is 9.97 Å². The molecule has 22 heavy (non-hydrogen) atoms. The summed E-state index contributed by atoms with van der Waals surface area (Å²) in [6.45, 7) is 9.64. The van der Waals surface area contributed by atoms with Crippen molar-refractivity contribution in [2.75, 3.05) is 44.2 Å². The van der Waals surface area contributed by atoms with Crippen LogP contribution in [-0.2, 0) is 4.79 Å². The largest absolute Gasteiger partial charge is 0.352 e. The number of rotatable bonds is 4. The molecule has 2 amide bonds. The fourth-order valence-corrected chi connectivity index (χ4v) is 2.52. The van der Waals surface area contributed by atoms with Gasteiger partial charge in [0.1, 0.15) is 11.5 Å². The first-order chi connectivity index (χ1) is 10.6. The van der Waals surface area contributed by atoms with Gasteiger partial charge >= 0.3 is 0 Å². The van der Waals surface area contributed by atoms with E-state index in [9.17, 15) is 9.59 Å². The van der Waals surface area contributed by atoms with Crippen LogP contribution in [-0.4, -0.2) is 70.9 Å². The second-order valence-corrected chi connectivity index (χ2v) is 5.23. The molecule has 7 nitrogen and oxygen atoms in total. The SMILES string of the molecule is CCN(CC)C(=O)c1cnc(N2CCN(C(C)=O)CC2)cn1. The van der Waals surface area contributed by atoms with E-state index in [0.717, 1.165) is 18.9 Å². The average molecular weight is 305 g/mol. The van der Waals surface area contributed by atoms with Gasteiger partial charge in [0.05, 0.1) is 12.4 Å².